The van der Waals surface area contributed by atoms with Crippen molar-refractivity contribution < 1.29 is 0 Å². The minimum atomic E-state index is 1.31. The van der Waals surface area contributed by atoms with Crippen molar-refractivity contribution in [2.75, 3.05) is 0 Å². The van der Waals surface area contributed by atoms with Crippen LogP contribution in [0.5, 0.6) is 0 Å². The van der Waals surface area contributed by atoms with Crippen LogP contribution in [-0.2, 0) is 0 Å². The molecule has 0 aliphatic heterocycles. The molecule has 39 heavy (non-hydrogen) atoms. The highest BCUT2D eigenvalue weighted by atomic mass is 15.0. The standard InChI is InChI=1S/C36H15N3/c1-4-16-22-10-12-24-18-6-2-8-20-26-14-15-27-21-9-3-7-19-25-13-11-23-17(5-1)28(16)31-34(37(22)24)32(29(18)20)36(39(26)27)33(30(19)21)35(31)38(23)25/h1-15H. The van der Waals surface area contributed by atoms with Gasteiger partial charge in [0.25, 0.3) is 0 Å². The normalized spacial score (nSPS) is 14.2. The molecule has 13 rings (SSSR count). The van der Waals surface area contributed by atoms with Crippen LogP contribution in [0.4, 0.5) is 0 Å². The number of hydrogen-bond donors (Lipinski definition) is 0. The SMILES string of the molecule is c1cc2c3c(c1)c1ccc4c5cccc6c5c5c(c3c3c7c8c(cccc8c8ccc6n8c75)c5ccc2n53)n14. The van der Waals surface area contributed by atoms with Crippen LogP contribution < -0.4 is 0 Å². The topological polar surface area (TPSA) is 13.2 Å². The molecule has 0 saturated heterocycles. The van der Waals surface area contributed by atoms with Gasteiger partial charge in [0.05, 0.1) is 49.7 Å². The number of hydrogen-bond acceptors (Lipinski definition) is 0. The second-order valence-corrected chi connectivity index (χ2v) is 11.7. The summed E-state index contributed by atoms with van der Waals surface area (Å²) < 4.78 is 7.74. The summed E-state index contributed by atoms with van der Waals surface area (Å²) in [5.41, 5.74) is 12.0. The summed E-state index contributed by atoms with van der Waals surface area (Å²) in [5, 5.41) is 16.5. The predicted molar refractivity (Wildman–Crippen MR) is 164 cm³/mol. The Morgan fingerprint density at radius 1 is 0.256 bits per heavy atom. The van der Waals surface area contributed by atoms with Crippen LogP contribution in [0.25, 0.3) is 114 Å². The summed E-state index contributed by atoms with van der Waals surface area (Å²) in [7, 11) is 0. The zero-order valence-corrected chi connectivity index (χ0v) is 20.5. The Morgan fingerprint density at radius 2 is 0.487 bits per heavy atom. The molecular weight excluding hydrogens is 474 g/mol. The third-order valence-corrected chi connectivity index (χ3v) is 10.3. The van der Waals surface area contributed by atoms with Crippen LogP contribution in [0.1, 0.15) is 0 Å². The molecule has 0 spiro atoms. The molecule has 13 aromatic rings. The van der Waals surface area contributed by atoms with E-state index in [1.54, 1.807) is 0 Å². The molecule has 9 aromatic heterocycles. The van der Waals surface area contributed by atoms with Crippen molar-refractivity contribution >= 4 is 114 Å². The third-order valence-electron chi connectivity index (χ3n) is 10.3. The summed E-state index contributed by atoms with van der Waals surface area (Å²) in [6.45, 7) is 0. The molecule has 9 heterocycles. The molecular formula is C36H15N3. The van der Waals surface area contributed by atoms with E-state index >= 15 is 0 Å². The molecule has 4 aromatic carbocycles. The predicted octanol–water partition coefficient (Wildman–Crippen LogP) is 9.45. The van der Waals surface area contributed by atoms with E-state index in [1.165, 1.54) is 114 Å². The van der Waals surface area contributed by atoms with E-state index in [2.05, 4.69) is 104 Å². The Kier molecular flexibility index (Phi) is 2.18. The Morgan fingerprint density at radius 3 is 0.718 bits per heavy atom. The third kappa shape index (κ3) is 1.42. The largest absolute Gasteiger partial charge is 0.308 e. The van der Waals surface area contributed by atoms with E-state index in [4.69, 9.17) is 0 Å². The van der Waals surface area contributed by atoms with Gasteiger partial charge < -0.3 is 13.2 Å². The summed E-state index contributed by atoms with van der Waals surface area (Å²) in [4.78, 5) is 0. The molecule has 174 valence electrons. The highest BCUT2D eigenvalue weighted by Crippen LogP contribution is 2.54. The van der Waals surface area contributed by atoms with Crippen molar-refractivity contribution in [2.24, 2.45) is 0 Å². The molecule has 0 radical (unpaired) electrons. The van der Waals surface area contributed by atoms with Crippen LogP contribution >= 0.6 is 0 Å². The van der Waals surface area contributed by atoms with Crippen molar-refractivity contribution in [1.82, 2.24) is 13.2 Å². The number of aromatic nitrogens is 3. The quantitative estimate of drug-likeness (QED) is 0.149. The highest BCUT2D eigenvalue weighted by molar-refractivity contribution is 6.47. The lowest BCUT2D eigenvalue weighted by Crippen LogP contribution is -2.07. The number of fused-ring (bicyclic) bond motifs is 6. The van der Waals surface area contributed by atoms with Crippen molar-refractivity contribution in [3.63, 3.8) is 0 Å². The number of nitrogens with zero attached hydrogens (tertiary/aromatic N) is 3. The number of pyridine rings is 6. The van der Waals surface area contributed by atoms with Crippen LogP contribution in [0.3, 0.4) is 0 Å². The zero-order chi connectivity index (χ0) is 24.5. The van der Waals surface area contributed by atoms with E-state index in [9.17, 15) is 0 Å². The monoisotopic (exact) mass is 489 g/mol. The van der Waals surface area contributed by atoms with Gasteiger partial charge >= 0.3 is 0 Å². The van der Waals surface area contributed by atoms with Crippen LogP contribution in [0.15, 0.2) is 91.0 Å². The fraction of sp³-hybridized carbons (Fsp3) is 0. The maximum absolute atomic E-state index is 2.58. The maximum atomic E-state index is 2.58. The van der Waals surface area contributed by atoms with E-state index in [0.717, 1.165) is 0 Å². The fourth-order valence-electron chi connectivity index (χ4n) is 9.13. The Balaban J connectivity index is 1.66. The molecule has 0 unspecified atom stereocenters. The van der Waals surface area contributed by atoms with Gasteiger partial charge in [0.15, 0.2) is 0 Å². The molecule has 3 heteroatoms. The van der Waals surface area contributed by atoms with Gasteiger partial charge in [-0.3, -0.25) is 0 Å². The molecule has 0 amide bonds. The minimum Gasteiger partial charge on any atom is -0.308 e. The lowest BCUT2D eigenvalue weighted by molar-refractivity contribution is 1.32. The molecule has 0 atom stereocenters. The highest BCUT2D eigenvalue weighted by Gasteiger charge is 2.31. The second kappa shape index (κ2) is 4.93. The Labute approximate surface area is 218 Å². The molecule has 0 aliphatic rings. The lowest BCUT2D eigenvalue weighted by atomic mass is 9.88. The average Bonchev–Trinajstić information content (AvgIpc) is 3.73. The second-order valence-electron chi connectivity index (χ2n) is 11.7. The first-order valence-electron chi connectivity index (χ1n) is 13.7. The summed E-state index contributed by atoms with van der Waals surface area (Å²) >= 11 is 0. The van der Waals surface area contributed by atoms with Gasteiger partial charge in [0.2, 0.25) is 0 Å². The van der Waals surface area contributed by atoms with E-state index < -0.39 is 0 Å². The maximum Gasteiger partial charge on any atom is 0.0662 e. The molecule has 0 N–H and O–H groups in total. The van der Waals surface area contributed by atoms with Gasteiger partial charge in [-0.1, -0.05) is 54.6 Å². The molecule has 0 saturated carbocycles. The summed E-state index contributed by atoms with van der Waals surface area (Å²) in [6, 6.07) is 34.8. The minimum absolute atomic E-state index is 1.31. The van der Waals surface area contributed by atoms with Crippen LogP contribution in [0.2, 0.25) is 0 Å². The Hall–Kier alpha value is -5.28. The van der Waals surface area contributed by atoms with Crippen LogP contribution in [-0.4, -0.2) is 13.2 Å². The molecule has 0 bridgehead atoms. The van der Waals surface area contributed by atoms with Gasteiger partial charge in [-0.2, -0.15) is 0 Å². The van der Waals surface area contributed by atoms with Gasteiger partial charge in [-0.15, -0.1) is 0 Å². The smallest absolute Gasteiger partial charge is 0.0662 e. The fourth-order valence-corrected chi connectivity index (χ4v) is 9.13. The van der Waals surface area contributed by atoms with E-state index in [1.807, 2.05) is 0 Å². The van der Waals surface area contributed by atoms with Gasteiger partial charge in [0.1, 0.15) is 0 Å². The van der Waals surface area contributed by atoms with Crippen molar-refractivity contribution in [3.05, 3.63) is 91.0 Å². The first kappa shape index (κ1) is 17.3. The number of benzene rings is 4. The average molecular weight is 490 g/mol. The number of rotatable bonds is 0. The van der Waals surface area contributed by atoms with Crippen molar-refractivity contribution in [2.45, 2.75) is 0 Å². The lowest BCUT2D eigenvalue weighted by Gasteiger charge is -2.27. The molecule has 0 aliphatic carbocycles. The first-order valence-corrected chi connectivity index (χ1v) is 13.7. The summed E-state index contributed by atoms with van der Waals surface area (Å²) in [6.07, 6.45) is 0. The molecule has 0 fully saturated rings. The van der Waals surface area contributed by atoms with Gasteiger partial charge in [0, 0.05) is 64.6 Å². The summed E-state index contributed by atoms with van der Waals surface area (Å²) in [5.74, 6) is 0. The molecule has 3 nitrogen and oxygen atoms in total. The Bertz CT molecular complexity index is 2620. The van der Waals surface area contributed by atoms with Gasteiger partial charge in [-0.25, -0.2) is 0 Å². The van der Waals surface area contributed by atoms with Crippen molar-refractivity contribution in [3.8, 4) is 0 Å². The van der Waals surface area contributed by atoms with Crippen LogP contribution in [0, 0.1) is 0 Å². The van der Waals surface area contributed by atoms with Crippen molar-refractivity contribution in [1.29, 1.82) is 0 Å². The first-order chi connectivity index (χ1) is 19.4. The van der Waals surface area contributed by atoms with E-state index in [-0.39, 0.29) is 0 Å². The van der Waals surface area contributed by atoms with Gasteiger partial charge in [-0.05, 0) is 36.4 Å². The zero-order valence-electron chi connectivity index (χ0n) is 20.5. The van der Waals surface area contributed by atoms with E-state index in [0.29, 0.717) is 0 Å².